The average Bonchev–Trinajstić information content (AvgIpc) is 2.25. The van der Waals surface area contributed by atoms with Gasteiger partial charge < -0.3 is 21.1 Å². The van der Waals surface area contributed by atoms with Crippen LogP contribution in [0.2, 0.25) is 0 Å². The Morgan fingerprint density at radius 1 is 1.40 bits per heavy atom. The van der Waals surface area contributed by atoms with Gasteiger partial charge >= 0.3 is 6.03 Å². The Balaban J connectivity index is 2.07. The Kier molecular flexibility index (Phi) is 5.42. The molecule has 5 nitrogen and oxygen atoms in total. The first-order valence-electron chi connectivity index (χ1n) is 5.62. The lowest BCUT2D eigenvalue weighted by Crippen LogP contribution is -2.46. The molecule has 4 N–H and O–H groups in total. The number of carbonyl (C=O) groups is 1. The number of primary amides is 1. The highest BCUT2D eigenvalue weighted by atomic mass is 16.2. The maximum absolute atomic E-state index is 10.9. The fourth-order valence-electron chi connectivity index (χ4n) is 1.85. The standard InChI is InChI=1S/C10H21N3O2/c11-10(15)13-6-3-9(4-7-13)12-5-1-2-8-14/h9,12,14H,1-8H2,(H2,11,15). The van der Waals surface area contributed by atoms with Gasteiger partial charge in [0.1, 0.15) is 0 Å². The number of unbranched alkanes of at least 4 members (excludes halogenated alkanes) is 1. The van der Waals surface area contributed by atoms with E-state index >= 15 is 0 Å². The fourth-order valence-corrected chi connectivity index (χ4v) is 1.85. The minimum absolute atomic E-state index is 0.266. The summed E-state index contributed by atoms with van der Waals surface area (Å²) in [5.74, 6) is 0. The predicted molar refractivity (Wildman–Crippen MR) is 58.5 cm³/mol. The van der Waals surface area contributed by atoms with Crippen LogP contribution in [0.4, 0.5) is 4.79 Å². The quantitative estimate of drug-likeness (QED) is 0.560. The number of urea groups is 1. The van der Waals surface area contributed by atoms with Crippen molar-refractivity contribution in [2.45, 2.75) is 31.7 Å². The first-order chi connectivity index (χ1) is 7.24. The van der Waals surface area contributed by atoms with Crippen molar-refractivity contribution in [3.05, 3.63) is 0 Å². The van der Waals surface area contributed by atoms with Crippen LogP contribution in [-0.2, 0) is 0 Å². The highest BCUT2D eigenvalue weighted by Gasteiger charge is 2.20. The zero-order valence-corrected chi connectivity index (χ0v) is 9.11. The van der Waals surface area contributed by atoms with E-state index in [9.17, 15) is 4.79 Å². The van der Waals surface area contributed by atoms with Crippen LogP contribution >= 0.6 is 0 Å². The Morgan fingerprint density at radius 3 is 2.60 bits per heavy atom. The van der Waals surface area contributed by atoms with E-state index in [1.807, 2.05) is 0 Å². The van der Waals surface area contributed by atoms with Crippen LogP contribution in [0.5, 0.6) is 0 Å². The number of aliphatic hydroxyl groups is 1. The minimum atomic E-state index is -0.311. The van der Waals surface area contributed by atoms with Gasteiger partial charge in [0, 0.05) is 25.7 Å². The molecule has 1 aliphatic heterocycles. The molecule has 1 fully saturated rings. The van der Waals surface area contributed by atoms with Crippen LogP contribution in [-0.4, -0.2) is 48.3 Å². The molecule has 0 unspecified atom stereocenters. The summed E-state index contributed by atoms with van der Waals surface area (Å²) in [6.45, 7) is 2.73. The summed E-state index contributed by atoms with van der Waals surface area (Å²) < 4.78 is 0. The number of nitrogens with zero attached hydrogens (tertiary/aromatic N) is 1. The first kappa shape index (κ1) is 12.3. The van der Waals surface area contributed by atoms with Gasteiger partial charge in [0.2, 0.25) is 0 Å². The number of rotatable bonds is 5. The van der Waals surface area contributed by atoms with Crippen LogP contribution < -0.4 is 11.1 Å². The second kappa shape index (κ2) is 6.63. The molecule has 1 saturated heterocycles. The number of hydrogen-bond acceptors (Lipinski definition) is 3. The third kappa shape index (κ3) is 4.48. The van der Waals surface area contributed by atoms with Gasteiger partial charge in [0.15, 0.2) is 0 Å². The number of likely N-dealkylation sites (tertiary alicyclic amines) is 1. The van der Waals surface area contributed by atoms with E-state index in [-0.39, 0.29) is 12.6 Å². The molecule has 2 amide bonds. The second-order valence-electron chi connectivity index (χ2n) is 3.98. The molecule has 0 aromatic rings. The molecule has 0 aliphatic carbocycles. The van der Waals surface area contributed by atoms with Crippen molar-refractivity contribution in [3.63, 3.8) is 0 Å². The number of piperidine rings is 1. The van der Waals surface area contributed by atoms with Crippen molar-refractivity contribution in [2.75, 3.05) is 26.2 Å². The van der Waals surface area contributed by atoms with Crippen LogP contribution in [0.1, 0.15) is 25.7 Å². The molecule has 0 atom stereocenters. The van der Waals surface area contributed by atoms with Crippen molar-refractivity contribution < 1.29 is 9.90 Å². The lowest BCUT2D eigenvalue weighted by molar-refractivity contribution is 0.185. The molecule has 1 rings (SSSR count). The summed E-state index contributed by atoms with van der Waals surface area (Å²) in [4.78, 5) is 12.5. The molecule has 1 heterocycles. The molecule has 0 spiro atoms. The Morgan fingerprint density at radius 2 is 2.07 bits per heavy atom. The van der Waals surface area contributed by atoms with E-state index in [1.165, 1.54) is 0 Å². The van der Waals surface area contributed by atoms with Gasteiger partial charge in [-0.3, -0.25) is 0 Å². The molecule has 5 heteroatoms. The minimum Gasteiger partial charge on any atom is -0.396 e. The van der Waals surface area contributed by atoms with Gasteiger partial charge in [0.05, 0.1) is 0 Å². The van der Waals surface area contributed by atoms with Crippen LogP contribution in [0.3, 0.4) is 0 Å². The molecule has 0 bridgehead atoms. The summed E-state index contributed by atoms with van der Waals surface area (Å²) in [5, 5.41) is 12.0. The van der Waals surface area contributed by atoms with Crippen molar-refractivity contribution in [2.24, 2.45) is 5.73 Å². The fraction of sp³-hybridized carbons (Fsp3) is 0.900. The molecule has 0 radical (unpaired) electrons. The van der Waals surface area contributed by atoms with Crippen LogP contribution in [0.25, 0.3) is 0 Å². The molecule has 1 aliphatic rings. The third-order valence-electron chi connectivity index (χ3n) is 2.82. The molecule has 0 saturated carbocycles. The number of carbonyl (C=O) groups excluding carboxylic acids is 1. The third-order valence-corrected chi connectivity index (χ3v) is 2.82. The average molecular weight is 215 g/mol. The predicted octanol–water partition coefficient (Wildman–Crippen LogP) is -0.108. The number of nitrogens with one attached hydrogen (secondary N) is 1. The lowest BCUT2D eigenvalue weighted by Gasteiger charge is -2.31. The van der Waals surface area contributed by atoms with Crippen LogP contribution in [0.15, 0.2) is 0 Å². The normalized spacial score (nSPS) is 18.1. The molecule has 88 valence electrons. The zero-order chi connectivity index (χ0) is 11.1. The van der Waals surface area contributed by atoms with Crippen molar-refractivity contribution in [1.29, 1.82) is 0 Å². The SMILES string of the molecule is NC(=O)N1CCC(NCCCCO)CC1. The van der Waals surface area contributed by atoms with E-state index in [4.69, 9.17) is 10.8 Å². The van der Waals surface area contributed by atoms with Crippen molar-refractivity contribution >= 4 is 6.03 Å². The number of nitrogens with two attached hydrogens (primary N) is 1. The number of aliphatic hydroxyl groups excluding tert-OH is 1. The van der Waals surface area contributed by atoms with E-state index in [0.717, 1.165) is 45.3 Å². The topological polar surface area (TPSA) is 78.6 Å². The maximum Gasteiger partial charge on any atom is 0.314 e. The van der Waals surface area contributed by atoms with Gasteiger partial charge in [-0.15, -0.1) is 0 Å². The largest absolute Gasteiger partial charge is 0.396 e. The number of hydrogen-bond donors (Lipinski definition) is 3. The molecular formula is C10H21N3O2. The van der Waals surface area contributed by atoms with Gasteiger partial charge in [-0.1, -0.05) is 0 Å². The van der Waals surface area contributed by atoms with E-state index in [2.05, 4.69) is 5.32 Å². The Hall–Kier alpha value is -0.810. The van der Waals surface area contributed by atoms with E-state index < -0.39 is 0 Å². The molecule has 15 heavy (non-hydrogen) atoms. The molecule has 0 aromatic carbocycles. The van der Waals surface area contributed by atoms with E-state index in [1.54, 1.807) is 4.90 Å². The monoisotopic (exact) mass is 215 g/mol. The van der Waals surface area contributed by atoms with Gasteiger partial charge in [-0.05, 0) is 32.2 Å². The first-order valence-corrected chi connectivity index (χ1v) is 5.62. The van der Waals surface area contributed by atoms with Crippen LogP contribution in [0, 0.1) is 0 Å². The smallest absolute Gasteiger partial charge is 0.314 e. The maximum atomic E-state index is 10.9. The molecular weight excluding hydrogens is 194 g/mol. The summed E-state index contributed by atoms with van der Waals surface area (Å²) >= 11 is 0. The van der Waals surface area contributed by atoms with E-state index in [0.29, 0.717) is 6.04 Å². The Labute approximate surface area is 90.6 Å². The lowest BCUT2D eigenvalue weighted by atomic mass is 10.1. The summed E-state index contributed by atoms with van der Waals surface area (Å²) in [6.07, 6.45) is 3.81. The van der Waals surface area contributed by atoms with Gasteiger partial charge in [-0.2, -0.15) is 0 Å². The summed E-state index contributed by atoms with van der Waals surface area (Å²) in [7, 11) is 0. The number of amides is 2. The van der Waals surface area contributed by atoms with Gasteiger partial charge in [-0.25, -0.2) is 4.79 Å². The second-order valence-corrected chi connectivity index (χ2v) is 3.98. The highest BCUT2D eigenvalue weighted by molar-refractivity contribution is 5.72. The van der Waals surface area contributed by atoms with Crippen molar-refractivity contribution in [3.8, 4) is 0 Å². The van der Waals surface area contributed by atoms with Crippen molar-refractivity contribution in [1.82, 2.24) is 10.2 Å². The highest BCUT2D eigenvalue weighted by Crippen LogP contribution is 2.09. The molecule has 0 aromatic heterocycles. The zero-order valence-electron chi connectivity index (χ0n) is 9.11. The summed E-state index contributed by atoms with van der Waals surface area (Å²) in [5.41, 5.74) is 5.19. The van der Waals surface area contributed by atoms with Gasteiger partial charge in [0.25, 0.3) is 0 Å². The Bertz CT molecular complexity index is 191. The summed E-state index contributed by atoms with van der Waals surface area (Å²) in [6, 6.07) is 0.188.